The fourth-order valence-electron chi connectivity index (χ4n) is 6.68. The molecule has 2 fully saturated rings. The van der Waals surface area contributed by atoms with E-state index >= 15 is 0 Å². The van der Waals surface area contributed by atoms with E-state index in [1.807, 2.05) is 42.5 Å². The number of hydrogen-bond acceptors (Lipinski definition) is 6. The van der Waals surface area contributed by atoms with Gasteiger partial charge in [0.15, 0.2) is 0 Å². The van der Waals surface area contributed by atoms with Crippen LogP contribution < -0.4 is 10.2 Å². The van der Waals surface area contributed by atoms with Gasteiger partial charge in [0.05, 0.1) is 31.3 Å². The van der Waals surface area contributed by atoms with Gasteiger partial charge in [-0.05, 0) is 84.3 Å². The fraction of sp³-hybridized carbons (Fsp3) is 0.325. The number of carbonyl (C=O) groups excluding carboxylic acids is 2. The smallest absolute Gasteiger partial charge is 0.326 e. The van der Waals surface area contributed by atoms with Crippen molar-refractivity contribution >= 4 is 23.5 Å². The van der Waals surface area contributed by atoms with Crippen LogP contribution in [0.4, 0.5) is 14.5 Å². The summed E-state index contributed by atoms with van der Waals surface area (Å²) in [5.74, 6) is -2.98. The number of benzene rings is 4. The number of aliphatic hydroxyl groups is 1. The third-order valence-corrected chi connectivity index (χ3v) is 9.67. The summed E-state index contributed by atoms with van der Waals surface area (Å²) in [6.07, 6.45) is 1.19. The second-order valence-electron chi connectivity index (χ2n) is 13.2. The summed E-state index contributed by atoms with van der Waals surface area (Å²) in [5, 5.41) is 22.9. The quantitative estimate of drug-likeness (QED) is 0.128. The van der Waals surface area contributed by atoms with Gasteiger partial charge < -0.3 is 29.9 Å². The van der Waals surface area contributed by atoms with Crippen molar-refractivity contribution in [3.63, 3.8) is 0 Å². The average Bonchev–Trinajstić information content (AvgIpc) is 3.11. The van der Waals surface area contributed by atoms with E-state index in [-0.39, 0.29) is 25.0 Å². The maximum absolute atomic E-state index is 13.7. The first-order valence-electron chi connectivity index (χ1n) is 17.0. The molecule has 9 nitrogen and oxygen atoms in total. The Kier molecular flexibility index (Phi) is 11.2. The number of carboxylic acid groups (broad SMARTS) is 1. The number of nitrogens with one attached hydrogen (secondary N) is 1. The molecule has 2 aliphatic rings. The fourth-order valence-corrected chi connectivity index (χ4v) is 6.68. The van der Waals surface area contributed by atoms with Crippen LogP contribution in [-0.4, -0.2) is 59.5 Å². The molecule has 2 saturated heterocycles. The number of carboxylic acids is 1. The van der Waals surface area contributed by atoms with Crippen LogP contribution in [0.5, 0.6) is 0 Å². The number of nitrogens with zero attached hydrogens (tertiary/aromatic N) is 1. The number of aliphatic hydroxyl groups excluding tert-OH is 1. The van der Waals surface area contributed by atoms with Crippen molar-refractivity contribution in [3.8, 4) is 0 Å². The van der Waals surface area contributed by atoms with E-state index in [4.69, 9.17) is 9.47 Å². The summed E-state index contributed by atoms with van der Waals surface area (Å²) in [5.41, 5.74) is 3.17. The molecule has 11 heteroatoms. The van der Waals surface area contributed by atoms with Gasteiger partial charge in [-0.15, -0.1) is 0 Å². The van der Waals surface area contributed by atoms with Crippen LogP contribution in [0.25, 0.3) is 0 Å². The molecule has 51 heavy (non-hydrogen) atoms. The van der Waals surface area contributed by atoms with Gasteiger partial charge >= 0.3 is 5.97 Å². The van der Waals surface area contributed by atoms with Crippen LogP contribution in [-0.2, 0) is 36.7 Å². The molecule has 0 radical (unpaired) electrons. The minimum absolute atomic E-state index is 0.121. The minimum Gasteiger partial charge on any atom is -0.480 e. The predicted octanol–water partition coefficient (Wildman–Crippen LogP) is 5.71. The van der Waals surface area contributed by atoms with Crippen molar-refractivity contribution < 1.29 is 42.9 Å². The lowest BCUT2D eigenvalue weighted by Crippen LogP contribution is -2.55. The Morgan fingerprint density at radius 1 is 0.902 bits per heavy atom. The normalized spacial score (nSPS) is 19.0. The molecular weight excluding hydrogens is 658 g/mol. The molecule has 0 spiro atoms. The summed E-state index contributed by atoms with van der Waals surface area (Å²) in [6.45, 7) is 0.326. The van der Waals surface area contributed by atoms with Crippen LogP contribution in [0.3, 0.4) is 0 Å². The molecule has 4 aromatic carbocycles. The van der Waals surface area contributed by atoms with Crippen molar-refractivity contribution in [2.75, 3.05) is 24.7 Å². The Bertz CT molecular complexity index is 1800. The summed E-state index contributed by atoms with van der Waals surface area (Å²) in [4.78, 5) is 39.6. The molecule has 6 rings (SSSR count). The van der Waals surface area contributed by atoms with Crippen LogP contribution in [0.15, 0.2) is 103 Å². The van der Waals surface area contributed by atoms with Gasteiger partial charge in [-0.2, -0.15) is 0 Å². The summed E-state index contributed by atoms with van der Waals surface area (Å²) in [6, 6.07) is 27.0. The number of aryl methyl sites for hydroxylation is 1. The first-order valence-corrected chi connectivity index (χ1v) is 17.0. The van der Waals surface area contributed by atoms with Crippen LogP contribution in [0.1, 0.15) is 53.7 Å². The lowest BCUT2D eigenvalue weighted by atomic mass is 9.78. The molecule has 0 aliphatic carbocycles. The van der Waals surface area contributed by atoms with Crippen molar-refractivity contribution in [3.05, 3.63) is 137 Å². The monoisotopic (exact) mass is 698 g/mol. The second kappa shape index (κ2) is 15.9. The summed E-state index contributed by atoms with van der Waals surface area (Å²) >= 11 is 0. The minimum atomic E-state index is -1.13. The third kappa shape index (κ3) is 8.68. The van der Waals surface area contributed by atoms with Crippen LogP contribution in [0, 0.1) is 17.6 Å². The first kappa shape index (κ1) is 35.8. The molecule has 2 heterocycles. The van der Waals surface area contributed by atoms with E-state index in [9.17, 15) is 33.4 Å². The van der Waals surface area contributed by atoms with Gasteiger partial charge in [0.1, 0.15) is 29.9 Å². The van der Waals surface area contributed by atoms with E-state index in [0.29, 0.717) is 50.1 Å². The molecule has 2 aliphatic heterocycles. The van der Waals surface area contributed by atoms with E-state index in [2.05, 4.69) is 5.32 Å². The number of rotatable bonds is 16. The lowest BCUT2D eigenvalue weighted by molar-refractivity contribution is -0.212. The van der Waals surface area contributed by atoms with E-state index < -0.39 is 47.2 Å². The van der Waals surface area contributed by atoms with Crippen molar-refractivity contribution in [2.24, 2.45) is 5.92 Å². The maximum atomic E-state index is 13.7. The van der Waals surface area contributed by atoms with Gasteiger partial charge in [-0.1, -0.05) is 66.7 Å². The molecule has 266 valence electrons. The van der Waals surface area contributed by atoms with Crippen molar-refractivity contribution in [2.45, 2.75) is 55.9 Å². The highest BCUT2D eigenvalue weighted by molar-refractivity contribution is 6.03. The molecule has 2 amide bonds. The zero-order valence-corrected chi connectivity index (χ0v) is 27.9. The topological polar surface area (TPSA) is 125 Å². The van der Waals surface area contributed by atoms with E-state index in [1.54, 1.807) is 29.2 Å². The van der Waals surface area contributed by atoms with Crippen LogP contribution in [0.2, 0.25) is 0 Å². The lowest BCUT2D eigenvalue weighted by Gasteiger charge is -2.48. The highest BCUT2D eigenvalue weighted by Gasteiger charge is 2.48. The summed E-state index contributed by atoms with van der Waals surface area (Å²) < 4.78 is 38.6. The molecule has 4 aromatic rings. The molecule has 0 bridgehead atoms. The number of halogens is 2. The van der Waals surface area contributed by atoms with Crippen molar-refractivity contribution in [1.82, 2.24) is 5.32 Å². The molecular formula is C40H40F2N2O7. The number of amides is 2. The van der Waals surface area contributed by atoms with Gasteiger partial charge in [-0.3, -0.25) is 9.59 Å². The van der Waals surface area contributed by atoms with Gasteiger partial charge in [0, 0.05) is 12.1 Å². The Hall–Kier alpha value is -4.97. The Balaban J connectivity index is 1.07. The first-order chi connectivity index (χ1) is 24.6. The Morgan fingerprint density at radius 3 is 2.16 bits per heavy atom. The zero-order chi connectivity index (χ0) is 36.0. The third-order valence-electron chi connectivity index (χ3n) is 9.67. The van der Waals surface area contributed by atoms with Gasteiger partial charge in [0.25, 0.3) is 0 Å². The second-order valence-corrected chi connectivity index (χ2v) is 13.2. The predicted molar refractivity (Wildman–Crippen MR) is 185 cm³/mol. The number of hydrogen-bond donors (Lipinski definition) is 3. The Morgan fingerprint density at radius 2 is 1.55 bits per heavy atom. The zero-order valence-electron chi connectivity index (χ0n) is 27.9. The molecule has 0 aromatic heterocycles. The number of carbonyl (C=O) groups is 3. The number of ether oxygens (including phenoxy) is 2. The van der Waals surface area contributed by atoms with E-state index in [0.717, 1.165) is 16.7 Å². The highest BCUT2D eigenvalue weighted by Crippen LogP contribution is 2.46. The Labute approximate surface area is 294 Å². The number of aliphatic carboxylic acids is 1. The van der Waals surface area contributed by atoms with Gasteiger partial charge in [-0.25, -0.2) is 13.6 Å². The summed E-state index contributed by atoms with van der Waals surface area (Å²) in [7, 11) is 0. The van der Waals surface area contributed by atoms with Crippen molar-refractivity contribution in [1.29, 1.82) is 0 Å². The highest BCUT2D eigenvalue weighted by atomic mass is 19.1. The van der Waals surface area contributed by atoms with Crippen LogP contribution >= 0.6 is 0 Å². The molecule has 2 unspecified atom stereocenters. The SMILES string of the molecule is O=C(COC1(CCc2ccc([C@@H]3[C@@H](CCC(O)c4ccc(F)cc4)C(=O)N3c3ccc(F)cc3)cc2)COC1)NC(Cc1ccccc1)C(=O)O. The molecule has 3 N–H and O–H groups in total. The number of anilines is 1. The molecule has 0 saturated carbocycles. The largest absolute Gasteiger partial charge is 0.480 e. The standard InChI is InChI=1S/C40H40F2N2O7/c41-30-12-10-28(11-13-30)35(45)19-18-33-37(44(38(33)47)32-16-14-31(42)15-17-32)29-8-6-26(7-9-29)20-21-40(24-50-25-40)51-23-36(46)43-34(39(48)49)22-27-4-2-1-3-5-27/h1-17,33-35,37,45H,18-25H2,(H,43,46)(H,48,49)/t33-,34?,35?,37-/m1/s1. The van der Waals surface area contributed by atoms with Gasteiger partial charge in [0.2, 0.25) is 11.8 Å². The number of β-lactam (4-membered cyclic amide) rings is 1. The molecule has 4 atom stereocenters. The van der Waals surface area contributed by atoms with E-state index in [1.165, 1.54) is 36.4 Å². The maximum Gasteiger partial charge on any atom is 0.326 e. The average molecular weight is 699 g/mol.